The predicted octanol–water partition coefficient (Wildman–Crippen LogP) is 2.88. The lowest BCUT2D eigenvalue weighted by atomic mass is 9.95. The van der Waals surface area contributed by atoms with E-state index in [1.54, 1.807) is 0 Å². The largest absolute Gasteiger partial charge is 0.367 e. The van der Waals surface area contributed by atoms with E-state index in [0.717, 1.165) is 43.2 Å². The second-order valence-electron chi connectivity index (χ2n) is 7.54. The van der Waals surface area contributed by atoms with Gasteiger partial charge in [-0.05, 0) is 25.0 Å². The highest BCUT2D eigenvalue weighted by Crippen LogP contribution is 2.27. The molecule has 2 saturated heterocycles. The van der Waals surface area contributed by atoms with Crippen LogP contribution >= 0.6 is 11.6 Å². The third-order valence-electron chi connectivity index (χ3n) is 5.36. The van der Waals surface area contributed by atoms with Gasteiger partial charge in [0.15, 0.2) is 0 Å². The summed E-state index contributed by atoms with van der Waals surface area (Å²) >= 11 is 6.29. The molecule has 1 aromatic carbocycles. The Morgan fingerprint density at radius 1 is 1.04 bits per heavy atom. The van der Waals surface area contributed by atoms with Crippen LogP contribution in [0.2, 0.25) is 5.02 Å². The van der Waals surface area contributed by atoms with Crippen molar-refractivity contribution in [1.29, 1.82) is 0 Å². The van der Waals surface area contributed by atoms with Gasteiger partial charge in [-0.1, -0.05) is 37.6 Å². The van der Waals surface area contributed by atoms with E-state index in [4.69, 9.17) is 11.6 Å². The van der Waals surface area contributed by atoms with Gasteiger partial charge in [-0.3, -0.25) is 9.59 Å². The Kier molecular flexibility index (Phi) is 6.07. The lowest BCUT2D eigenvalue weighted by Gasteiger charge is -2.40. The molecule has 2 heterocycles. The van der Waals surface area contributed by atoms with Crippen LogP contribution in [0.1, 0.15) is 26.7 Å². The molecule has 0 aliphatic carbocycles. The first-order valence-corrected chi connectivity index (χ1v) is 9.92. The number of carbonyl (C=O) groups excluding carboxylic acids is 2. The Morgan fingerprint density at radius 2 is 1.73 bits per heavy atom. The maximum Gasteiger partial charge on any atom is 0.227 e. The summed E-state index contributed by atoms with van der Waals surface area (Å²) in [7, 11) is 0. The van der Waals surface area contributed by atoms with Crippen molar-refractivity contribution in [2.75, 3.05) is 44.2 Å². The minimum atomic E-state index is -0.0571. The first-order chi connectivity index (χ1) is 12.5. The number of benzene rings is 1. The molecular formula is C20H28ClN3O2. The van der Waals surface area contributed by atoms with Crippen LogP contribution in [-0.4, -0.2) is 60.9 Å². The topological polar surface area (TPSA) is 43.9 Å². The van der Waals surface area contributed by atoms with Crippen molar-refractivity contribution in [3.8, 4) is 0 Å². The number of rotatable bonds is 3. The highest BCUT2D eigenvalue weighted by Gasteiger charge is 2.33. The van der Waals surface area contributed by atoms with Crippen LogP contribution in [0.4, 0.5) is 5.69 Å². The Labute approximate surface area is 160 Å². The normalized spacial score (nSPS) is 21.2. The Bertz CT molecular complexity index is 656. The molecule has 1 aromatic rings. The number of piperazine rings is 1. The minimum Gasteiger partial charge on any atom is -0.367 e. The van der Waals surface area contributed by atoms with Crippen LogP contribution in [0.3, 0.4) is 0 Å². The van der Waals surface area contributed by atoms with Gasteiger partial charge in [0.25, 0.3) is 0 Å². The van der Waals surface area contributed by atoms with Crippen molar-refractivity contribution in [2.45, 2.75) is 26.7 Å². The Hall–Kier alpha value is -1.75. The maximum atomic E-state index is 12.9. The summed E-state index contributed by atoms with van der Waals surface area (Å²) in [4.78, 5) is 31.3. The fourth-order valence-corrected chi connectivity index (χ4v) is 4.13. The number of amides is 2. The summed E-state index contributed by atoms with van der Waals surface area (Å²) < 4.78 is 0. The van der Waals surface area contributed by atoms with Crippen molar-refractivity contribution in [1.82, 2.24) is 9.80 Å². The van der Waals surface area contributed by atoms with Crippen molar-refractivity contribution >= 4 is 29.1 Å². The zero-order valence-electron chi connectivity index (χ0n) is 15.7. The molecule has 2 amide bonds. The van der Waals surface area contributed by atoms with Gasteiger partial charge in [0.2, 0.25) is 11.8 Å². The van der Waals surface area contributed by atoms with Crippen molar-refractivity contribution in [3.05, 3.63) is 29.3 Å². The van der Waals surface area contributed by atoms with Crippen LogP contribution < -0.4 is 4.90 Å². The molecule has 0 saturated carbocycles. The molecule has 0 aromatic heterocycles. The lowest BCUT2D eigenvalue weighted by Crippen LogP contribution is -2.53. The molecule has 2 aliphatic heterocycles. The smallest absolute Gasteiger partial charge is 0.227 e. The molecule has 2 aliphatic rings. The molecule has 5 nitrogen and oxygen atoms in total. The number of likely N-dealkylation sites (tertiary alicyclic amines) is 1. The maximum absolute atomic E-state index is 12.9. The summed E-state index contributed by atoms with van der Waals surface area (Å²) in [6.07, 6.45) is 1.79. The number of anilines is 1. The van der Waals surface area contributed by atoms with Gasteiger partial charge in [-0.25, -0.2) is 0 Å². The fraction of sp³-hybridized carbons (Fsp3) is 0.600. The first kappa shape index (κ1) is 19.0. The van der Waals surface area contributed by atoms with Crippen LogP contribution in [0, 0.1) is 11.8 Å². The van der Waals surface area contributed by atoms with Crippen LogP contribution in [0.15, 0.2) is 24.3 Å². The highest BCUT2D eigenvalue weighted by molar-refractivity contribution is 6.33. The molecule has 1 atom stereocenters. The second kappa shape index (κ2) is 8.30. The quantitative estimate of drug-likeness (QED) is 0.813. The first-order valence-electron chi connectivity index (χ1n) is 9.54. The number of para-hydroxylation sites is 1. The van der Waals surface area contributed by atoms with Crippen molar-refractivity contribution in [3.63, 3.8) is 0 Å². The third-order valence-corrected chi connectivity index (χ3v) is 5.68. The summed E-state index contributed by atoms with van der Waals surface area (Å²) in [6, 6.07) is 7.84. The van der Waals surface area contributed by atoms with Crippen molar-refractivity contribution in [2.24, 2.45) is 11.8 Å². The molecular weight excluding hydrogens is 350 g/mol. The third kappa shape index (κ3) is 4.14. The van der Waals surface area contributed by atoms with Gasteiger partial charge in [0.1, 0.15) is 0 Å². The molecule has 142 valence electrons. The zero-order chi connectivity index (χ0) is 18.7. The van der Waals surface area contributed by atoms with E-state index in [1.807, 2.05) is 47.9 Å². The number of carbonyl (C=O) groups is 2. The van der Waals surface area contributed by atoms with E-state index in [0.29, 0.717) is 19.6 Å². The van der Waals surface area contributed by atoms with Gasteiger partial charge in [0, 0.05) is 45.2 Å². The lowest BCUT2D eigenvalue weighted by molar-refractivity contribution is -0.142. The van der Waals surface area contributed by atoms with Crippen LogP contribution in [0.25, 0.3) is 0 Å². The summed E-state index contributed by atoms with van der Waals surface area (Å²) in [5, 5.41) is 0.752. The highest BCUT2D eigenvalue weighted by atomic mass is 35.5. The minimum absolute atomic E-state index is 0.0111. The van der Waals surface area contributed by atoms with E-state index < -0.39 is 0 Å². The van der Waals surface area contributed by atoms with Gasteiger partial charge in [-0.2, -0.15) is 0 Å². The summed E-state index contributed by atoms with van der Waals surface area (Å²) in [5.41, 5.74) is 1.03. The SMILES string of the molecule is CC(C)C(=O)N1CCCC(C(=O)N2CCN(c3ccccc3Cl)CC2)C1. The molecule has 3 rings (SSSR count). The second-order valence-corrected chi connectivity index (χ2v) is 7.95. The molecule has 2 fully saturated rings. The van der Waals surface area contributed by atoms with E-state index in [-0.39, 0.29) is 23.7 Å². The van der Waals surface area contributed by atoms with E-state index >= 15 is 0 Å². The fourth-order valence-electron chi connectivity index (χ4n) is 3.88. The zero-order valence-corrected chi connectivity index (χ0v) is 16.4. The number of piperidine rings is 1. The molecule has 0 N–H and O–H groups in total. The molecule has 0 bridgehead atoms. The molecule has 1 unspecified atom stereocenters. The van der Waals surface area contributed by atoms with Gasteiger partial charge in [-0.15, -0.1) is 0 Å². The molecule has 26 heavy (non-hydrogen) atoms. The van der Waals surface area contributed by atoms with Crippen molar-refractivity contribution < 1.29 is 9.59 Å². The molecule has 0 spiro atoms. The van der Waals surface area contributed by atoms with Gasteiger partial charge in [0.05, 0.1) is 16.6 Å². The average molecular weight is 378 g/mol. The number of hydrogen-bond donors (Lipinski definition) is 0. The number of nitrogens with zero attached hydrogens (tertiary/aromatic N) is 3. The van der Waals surface area contributed by atoms with Gasteiger partial charge >= 0.3 is 0 Å². The Balaban J connectivity index is 1.56. The predicted molar refractivity (Wildman–Crippen MR) is 104 cm³/mol. The van der Waals surface area contributed by atoms with E-state index in [2.05, 4.69) is 4.90 Å². The van der Waals surface area contributed by atoms with Gasteiger partial charge < -0.3 is 14.7 Å². The monoisotopic (exact) mass is 377 g/mol. The molecule has 6 heteroatoms. The standard InChI is InChI=1S/C20H28ClN3O2/c1-15(2)19(25)24-9-5-6-16(14-24)20(26)23-12-10-22(11-13-23)18-8-4-3-7-17(18)21/h3-4,7-8,15-16H,5-6,9-14H2,1-2H3. The molecule has 0 radical (unpaired) electrons. The number of halogens is 1. The summed E-state index contributed by atoms with van der Waals surface area (Å²) in [5.74, 6) is 0.289. The summed E-state index contributed by atoms with van der Waals surface area (Å²) in [6.45, 7) is 8.18. The van der Waals surface area contributed by atoms with Crippen LogP contribution in [0.5, 0.6) is 0 Å². The van der Waals surface area contributed by atoms with E-state index in [9.17, 15) is 9.59 Å². The number of hydrogen-bond acceptors (Lipinski definition) is 3. The Morgan fingerprint density at radius 3 is 2.38 bits per heavy atom. The van der Waals surface area contributed by atoms with E-state index in [1.165, 1.54) is 0 Å². The average Bonchev–Trinajstić information content (AvgIpc) is 2.67. The van der Waals surface area contributed by atoms with Crippen LogP contribution in [-0.2, 0) is 9.59 Å².